The number of halogens is 1. The summed E-state index contributed by atoms with van der Waals surface area (Å²) in [7, 11) is 0. The van der Waals surface area contributed by atoms with Crippen LogP contribution in [0.2, 0.25) is 0 Å². The molecule has 0 radical (unpaired) electrons. The zero-order valence-corrected chi connectivity index (χ0v) is 11.7. The Kier molecular flexibility index (Phi) is 6.11. The van der Waals surface area contributed by atoms with E-state index < -0.39 is 12.2 Å². The minimum Gasteiger partial charge on any atom is -0.390 e. The topological polar surface area (TPSA) is 70.4 Å². The van der Waals surface area contributed by atoms with E-state index in [0.717, 1.165) is 11.8 Å². The number of hydrogen-bond acceptors (Lipinski definition) is 5. The van der Waals surface area contributed by atoms with Crippen LogP contribution < -0.4 is 0 Å². The molecule has 1 aromatic rings. The summed E-state index contributed by atoms with van der Waals surface area (Å²) in [5.41, 5.74) is 0.563. The highest BCUT2D eigenvalue weighted by atomic mass is 79.9. The van der Waals surface area contributed by atoms with Gasteiger partial charge in [-0.1, -0.05) is 17.8 Å². The van der Waals surface area contributed by atoms with Crippen molar-refractivity contribution in [2.75, 3.05) is 5.75 Å². The molecule has 0 aliphatic heterocycles. The summed E-state index contributed by atoms with van der Waals surface area (Å²) in [6.07, 6.45) is 0.0189. The van der Waals surface area contributed by atoms with Crippen molar-refractivity contribution in [2.24, 2.45) is 0 Å². The van der Waals surface area contributed by atoms with Crippen molar-refractivity contribution in [2.45, 2.75) is 25.6 Å². The van der Waals surface area contributed by atoms with Gasteiger partial charge in [0.05, 0.1) is 6.10 Å². The fourth-order valence-corrected chi connectivity index (χ4v) is 2.15. The van der Waals surface area contributed by atoms with Crippen molar-refractivity contribution in [1.29, 1.82) is 0 Å². The molecule has 94 valence electrons. The number of hydrogen-bond donors (Lipinski definition) is 2. The second kappa shape index (κ2) is 7.10. The minimum absolute atomic E-state index is 0.0111. The molecule has 0 aromatic carbocycles. The molecular formula is C11H14BrNO3S. The van der Waals surface area contributed by atoms with E-state index in [4.69, 9.17) is 0 Å². The first-order valence-electron chi connectivity index (χ1n) is 5.11. The van der Waals surface area contributed by atoms with E-state index >= 15 is 0 Å². The molecule has 2 atom stereocenters. The van der Waals surface area contributed by atoms with E-state index in [-0.39, 0.29) is 5.12 Å². The van der Waals surface area contributed by atoms with Crippen LogP contribution in [0.15, 0.2) is 22.9 Å². The Morgan fingerprint density at radius 1 is 1.53 bits per heavy atom. The average molecular weight is 320 g/mol. The van der Waals surface area contributed by atoms with Gasteiger partial charge < -0.3 is 10.2 Å². The molecule has 2 unspecified atom stereocenters. The third-order valence-electron chi connectivity index (χ3n) is 2.18. The van der Waals surface area contributed by atoms with Crippen LogP contribution in [0.25, 0.3) is 0 Å². The van der Waals surface area contributed by atoms with Crippen molar-refractivity contribution in [3.63, 3.8) is 0 Å². The van der Waals surface area contributed by atoms with Gasteiger partial charge in [0, 0.05) is 24.4 Å². The molecule has 0 amide bonds. The van der Waals surface area contributed by atoms with Crippen molar-refractivity contribution in [1.82, 2.24) is 4.98 Å². The molecule has 0 saturated carbocycles. The molecule has 0 fully saturated rings. The lowest BCUT2D eigenvalue weighted by molar-refractivity contribution is -0.109. The van der Waals surface area contributed by atoms with Gasteiger partial charge in [-0.15, -0.1) is 0 Å². The zero-order valence-electron chi connectivity index (χ0n) is 9.34. The second-order valence-corrected chi connectivity index (χ2v) is 5.64. The van der Waals surface area contributed by atoms with Gasteiger partial charge >= 0.3 is 0 Å². The molecule has 0 saturated heterocycles. The molecule has 6 heteroatoms. The fourth-order valence-electron chi connectivity index (χ4n) is 1.27. The highest BCUT2D eigenvalue weighted by molar-refractivity contribution is 9.10. The number of carbonyl (C=O) groups excluding carboxylic acids is 1. The molecule has 17 heavy (non-hydrogen) atoms. The van der Waals surface area contributed by atoms with E-state index in [1.165, 1.54) is 13.1 Å². The van der Waals surface area contributed by atoms with Crippen molar-refractivity contribution in [3.8, 4) is 0 Å². The Morgan fingerprint density at radius 2 is 2.24 bits per heavy atom. The average Bonchev–Trinajstić information content (AvgIpc) is 2.28. The van der Waals surface area contributed by atoms with Gasteiger partial charge in [0.2, 0.25) is 0 Å². The van der Waals surface area contributed by atoms with Crippen LogP contribution in [-0.4, -0.2) is 32.2 Å². The number of carbonyl (C=O) groups is 1. The maximum atomic E-state index is 10.7. The molecule has 0 bridgehead atoms. The molecule has 0 spiro atoms. The van der Waals surface area contributed by atoms with Gasteiger partial charge in [-0.05, 0) is 28.4 Å². The predicted octanol–water partition coefficient (Wildman–Crippen LogP) is 1.91. The Morgan fingerprint density at radius 3 is 2.76 bits per heavy atom. The highest BCUT2D eigenvalue weighted by Gasteiger charge is 2.18. The summed E-state index contributed by atoms with van der Waals surface area (Å²) in [5, 5.41) is 19.6. The molecule has 0 aliphatic rings. The summed E-state index contributed by atoms with van der Waals surface area (Å²) < 4.78 is 0.676. The van der Waals surface area contributed by atoms with Crippen LogP contribution >= 0.6 is 27.7 Å². The van der Waals surface area contributed by atoms with Crippen molar-refractivity contribution < 1.29 is 15.0 Å². The number of rotatable bonds is 5. The lowest BCUT2D eigenvalue weighted by atomic mass is 10.1. The molecule has 1 rings (SSSR count). The quantitative estimate of drug-likeness (QED) is 0.811. The standard InChI is InChI=1S/C11H14BrNO3S/c1-7(14)17-5-4-9(15)11(16)8-2-3-10(12)13-6-8/h2-3,6,9,11,15-16H,4-5H2,1H3. The van der Waals surface area contributed by atoms with Gasteiger partial charge in [0.15, 0.2) is 5.12 Å². The lowest BCUT2D eigenvalue weighted by Crippen LogP contribution is -2.19. The monoisotopic (exact) mass is 319 g/mol. The number of thioether (sulfide) groups is 1. The molecule has 2 N–H and O–H groups in total. The number of nitrogens with zero attached hydrogens (tertiary/aromatic N) is 1. The van der Waals surface area contributed by atoms with Crippen LogP contribution in [0.5, 0.6) is 0 Å². The fraction of sp³-hybridized carbons (Fsp3) is 0.455. The number of aromatic nitrogens is 1. The summed E-state index contributed by atoms with van der Waals surface area (Å²) >= 11 is 4.33. The number of pyridine rings is 1. The first-order valence-corrected chi connectivity index (χ1v) is 6.89. The summed E-state index contributed by atoms with van der Waals surface area (Å²) in [4.78, 5) is 14.7. The second-order valence-electron chi connectivity index (χ2n) is 3.56. The van der Waals surface area contributed by atoms with E-state index in [2.05, 4.69) is 20.9 Å². The van der Waals surface area contributed by atoms with Gasteiger partial charge in [-0.25, -0.2) is 4.98 Å². The normalized spacial score (nSPS) is 14.4. The first-order chi connectivity index (χ1) is 8.00. The first kappa shape index (κ1) is 14.6. The number of aliphatic hydroxyl groups excluding tert-OH is 2. The van der Waals surface area contributed by atoms with Crippen LogP contribution in [0.3, 0.4) is 0 Å². The molecule has 1 heterocycles. The minimum atomic E-state index is -0.969. The van der Waals surface area contributed by atoms with Gasteiger partial charge in [-0.3, -0.25) is 4.79 Å². The summed E-state index contributed by atoms with van der Waals surface area (Å²) in [6, 6.07) is 3.40. The van der Waals surface area contributed by atoms with E-state index in [0.29, 0.717) is 22.3 Å². The van der Waals surface area contributed by atoms with E-state index in [9.17, 15) is 15.0 Å². The third-order valence-corrected chi connectivity index (χ3v) is 3.49. The SMILES string of the molecule is CC(=O)SCCC(O)C(O)c1ccc(Br)nc1. The van der Waals surface area contributed by atoms with E-state index in [1.807, 2.05) is 0 Å². The number of aliphatic hydroxyl groups is 2. The molecule has 4 nitrogen and oxygen atoms in total. The van der Waals surface area contributed by atoms with Crippen LogP contribution in [0.1, 0.15) is 25.0 Å². The van der Waals surface area contributed by atoms with Crippen molar-refractivity contribution in [3.05, 3.63) is 28.5 Å². The Balaban J connectivity index is 2.48. The smallest absolute Gasteiger partial charge is 0.185 e. The van der Waals surface area contributed by atoms with Crippen molar-refractivity contribution >= 4 is 32.8 Å². The van der Waals surface area contributed by atoms with E-state index in [1.54, 1.807) is 12.1 Å². The Labute approximate surface area is 113 Å². The predicted molar refractivity (Wildman–Crippen MR) is 70.7 cm³/mol. The van der Waals surface area contributed by atoms with Gasteiger partial charge in [0.25, 0.3) is 0 Å². The maximum absolute atomic E-state index is 10.7. The summed E-state index contributed by atoms with van der Waals surface area (Å²) in [5.74, 6) is 0.498. The largest absolute Gasteiger partial charge is 0.390 e. The molecule has 1 aromatic heterocycles. The maximum Gasteiger partial charge on any atom is 0.185 e. The lowest BCUT2D eigenvalue weighted by Gasteiger charge is -2.17. The molecular weight excluding hydrogens is 306 g/mol. The highest BCUT2D eigenvalue weighted by Crippen LogP contribution is 2.20. The van der Waals surface area contributed by atoms with Crippen LogP contribution in [0, 0.1) is 0 Å². The van der Waals surface area contributed by atoms with Gasteiger partial charge in [0.1, 0.15) is 10.7 Å². The van der Waals surface area contributed by atoms with Crippen LogP contribution in [0.4, 0.5) is 0 Å². The Hall–Kier alpha value is -0.430. The summed E-state index contributed by atoms with van der Waals surface area (Å²) in [6.45, 7) is 1.48. The third kappa shape index (κ3) is 5.16. The molecule has 0 aliphatic carbocycles. The van der Waals surface area contributed by atoms with Crippen LogP contribution in [-0.2, 0) is 4.79 Å². The zero-order chi connectivity index (χ0) is 12.8. The Bertz CT molecular complexity index is 371. The van der Waals surface area contributed by atoms with Gasteiger partial charge in [-0.2, -0.15) is 0 Å².